The van der Waals surface area contributed by atoms with Gasteiger partial charge >= 0.3 is 6.18 Å². The van der Waals surface area contributed by atoms with Gasteiger partial charge in [0, 0.05) is 32.4 Å². The number of benzene rings is 2. The Labute approximate surface area is 166 Å². The van der Waals surface area contributed by atoms with Gasteiger partial charge in [0.1, 0.15) is 6.54 Å². The van der Waals surface area contributed by atoms with E-state index in [0.717, 1.165) is 29.1 Å². The van der Waals surface area contributed by atoms with Crippen LogP contribution in [0.25, 0.3) is 11.1 Å². The Hall–Kier alpha value is -3.29. The number of nitrogens with zero attached hydrogens (tertiary/aromatic N) is 3. The summed E-state index contributed by atoms with van der Waals surface area (Å²) in [5.74, 6) is 0.462. The van der Waals surface area contributed by atoms with Crippen molar-refractivity contribution in [2.45, 2.75) is 19.3 Å². The number of aromatic nitrogens is 2. The predicted molar refractivity (Wildman–Crippen MR) is 105 cm³/mol. The maximum Gasteiger partial charge on any atom is 0.416 e. The monoisotopic (exact) mass is 402 g/mol. The summed E-state index contributed by atoms with van der Waals surface area (Å²) in [6, 6.07) is 14.5. The normalized spacial score (nSPS) is 11.3. The van der Waals surface area contributed by atoms with Gasteiger partial charge in [-0.05, 0) is 23.3 Å². The van der Waals surface area contributed by atoms with E-state index >= 15 is 0 Å². The number of carbonyl (C=O) groups is 1. The van der Waals surface area contributed by atoms with Gasteiger partial charge in [-0.3, -0.25) is 9.48 Å². The molecule has 0 unspecified atom stereocenters. The molecule has 0 radical (unpaired) electrons. The van der Waals surface area contributed by atoms with Crippen LogP contribution in [-0.2, 0) is 24.1 Å². The highest BCUT2D eigenvalue weighted by molar-refractivity contribution is 5.78. The third kappa shape index (κ3) is 5.16. The third-order valence-corrected chi connectivity index (χ3v) is 4.33. The zero-order valence-electron chi connectivity index (χ0n) is 16.1. The van der Waals surface area contributed by atoms with Crippen molar-refractivity contribution in [2.24, 2.45) is 0 Å². The van der Waals surface area contributed by atoms with Gasteiger partial charge in [0.15, 0.2) is 5.82 Å². The Morgan fingerprint density at radius 2 is 1.72 bits per heavy atom. The lowest BCUT2D eigenvalue weighted by molar-refractivity contribution is -0.137. The van der Waals surface area contributed by atoms with Gasteiger partial charge in [-0.25, -0.2) is 0 Å². The van der Waals surface area contributed by atoms with Crippen molar-refractivity contribution in [1.82, 2.24) is 15.1 Å². The molecule has 8 heteroatoms. The molecule has 0 bridgehead atoms. The molecule has 0 saturated heterocycles. The number of alkyl halides is 3. The van der Waals surface area contributed by atoms with Gasteiger partial charge in [0.25, 0.3) is 0 Å². The summed E-state index contributed by atoms with van der Waals surface area (Å²) in [5, 5.41) is 7.19. The Balaban J connectivity index is 1.65. The van der Waals surface area contributed by atoms with Crippen LogP contribution in [0.1, 0.15) is 11.1 Å². The molecule has 0 aliphatic heterocycles. The van der Waals surface area contributed by atoms with Gasteiger partial charge in [0.05, 0.1) is 5.56 Å². The highest BCUT2D eigenvalue weighted by Gasteiger charge is 2.29. The molecule has 0 spiro atoms. The summed E-state index contributed by atoms with van der Waals surface area (Å²) in [4.78, 5) is 14.1. The summed E-state index contributed by atoms with van der Waals surface area (Å²) in [6.07, 6.45) is -2.56. The van der Waals surface area contributed by atoms with Crippen LogP contribution in [0.2, 0.25) is 0 Å². The molecule has 1 amide bonds. The number of anilines is 1. The van der Waals surface area contributed by atoms with Gasteiger partial charge < -0.3 is 10.2 Å². The molecule has 0 saturated carbocycles. The van der Waals surface area contributed by atoms with Crippen LogP contribution in [0.5, 0.6) is 0 Å². The van der Waals surface area contributed by atoms with Crippen molar-refractivity contribution < 1.29 is 18.0 Å². The number of hydrogen-bond donors (Lipinski definition) is 1. The Kier molecular flexibility index (Phi) is 5.91. The quantitative estimate of drug-likeness (QED) is 0.679. The molecule has 29 heavy (non-hydrogen) atoms. The molecule has 3 rings (SSSR count). The fraction of sp³-hybridized carbons (Fsp3) is 0.238. The number of halogens is 3. The Bertz CT molecular complexity index is 964. The minimum absolute atomic E-state index is 0.00824. The van der Waals surface area contributed by atoms with E-state index in [1.54, 1.807) is 4.68 Å². The fourth-order valence-corrected chi connectivity index (χ4v) is 2.86. The van der Waals surface area contributed by atoms with E-state index in [-0.39, 0.29) is 19.0 Å². The van der Waals surface area contributed by atoms with Crippen molar-refractivity contribution >= 4 is 11.7 Å². The summed E-state index contributed by atoms with van der Waals surface area (Å²) in [7, 11) is 3.76. The molecule has 5 nitrogen and oxygen atoms in total. The molecule has 1 aromatic heterocycles. The molecular formula is C21H21F3N4O. The molecule has 0 aliphatic carbocycles. The number of hydrogen-bond acceptors (Lipinski definition) is 3. The zero-order valence-corrected chi connectivity index (χ0v) is 16.1. The Morgan fingerprint density at radius 3 is 2.31 bits per heavy atom. The van der Waals surface area contributed by atoms with Gasteiger partial charge in [-0.1, -0.05) is 42.5 Å². The Morgan fingerprint density at radius 1 is 1.07 bits per heavy atom. The third-order valence-electron chi connectivity index (χ3n) is 4.33. The van der Waals surface area contributed by atoms with Crippen LogP contribution in [0.15, 0.2) is 60.8 Å². The standard InChI is InChI=1S/C21H21F3N4O/c1-27(2)20-18(16-6-4-3-5-7-16)13-28(26-20)14-19(29)25-12-15-8-10-17(11-9-15)21(22,23)24/h3-11,13H,12,14H2,1-2H3,(H,25,29). The van der Waals surface area contributed by atoms with Crippen molar-refractivity contribution in [3.8, 4) is 11.1 Å². The topological polar surface area (TPSA) is 50.2 Å². The molecule has 152 valence electrons. The van der Waals surface area contributed by atoms with E-state index in [9.17, 15) is 18.0 Å². The van der Waals surface area contributed by atoms with E-state index in [1.807, 2.05) is 55.5 Å². The average molecular weight is 402 g/mol. The molecule has 3 aromatic rings. The van der Waals surface area contributed by atoms with Crippen LogP contribution in [0.3, 0.4) is 0 Å². The second-order valence-corrected chi connectivity index (χ2v) is 6.80. The van der Waals surface area contributed by atoms with E-state index < -0.39 is 11.7 Å². The van der Waals surface area contributed by atoms with Crippen LogP contribution >= 0.6 is 0 Å². The molecule has 1 N–H and O–H groups in total. The van der Waals surface area contributed by atoms with Gasteiger partial charge in [0.2, 0.25) is 5.91 Å². The number of amides is 1. The van der Waals surface area contributed by atoms with Crippen LogP contribution in [-0.4, -0.2) is 29.8 Å². The largest absolute Gasteiger partial charge is 0.416 e. The second kappa shape index (κ2) is 8.38. The first-order valence-electron chi connectivity index (χ1n) is 8.97. The second-order valence-electron chi connectivity index (χ2n) is 6.80. The predicted octanol–water partition coefficient (Wildman–Crippen LogP) is 3.95. The minimum Gasteiger partial charge on any atom is -0.361 e. The minimum atomic E-state index is -4.37. The van der Waals surface area contributed by atoms with E-state index in [2.05, 4.69) is 10.4 Å². The first-order valence-corrected chi connectivity index (χ1v) is 8.97. The molecule has 0 aliphatic rings. The molecule has 0 atom stereocenters. The van der Waals surface area contributed by atoms with Crippen LogP contribution in [0.4, 0.5) is 19.0 Å². The number of carbonyl (C=O) groups excluding carboxylic acids is 1. The maximum atomic E-state index is 12.6. The molecule has 2 aromatic carbocycles. The lowest BCUT2D eigenvalue weighted by Gasteiger charge is -2.11. The SMILES string of the molecule is CN(C)c1nn(CC(=O)NCc2ccc(C(F)(F)F)cc2)cc1-c1ccccc1. The summed E-state index contributed by atoms with van der Waals surface area (Å²) in [5.41, 5.74) is 1.78. The molecule has 1 heterocycles. The summed E-state index contributed by atoms with van der Waals surface area (Å²) < 4.78 is 39.4. The summed E-state index contributed by atoms with van der Waals surface area (Å²) >= 11 is 0. The lowest BCUT2D eigenvalue weighted by Crippen LogP contribution is -2.27. The average Bonchev–Trinajstić information content (AvgIpc) is 3.11. The van der Waals surface area contributed by atoms with Crippen molar-refractivity contribution in [2.75, 3.05) is 19.0 Å². The fourth-order valence-electron chi connectivity index (χ4n) is 2.86. The number of rotatable bonds is 6. The first kappa shape index (κ1) is 20.4. The van der Waals surface area contributed by atoms with E-state index in [1.165, 1.54) is 12.1 Å². The van der Waals surface area contributed by atoms with Crippen molar-refractivity contribution in [3.63, 3.8) is 0 Å². The maximum absolute atomic E-state index is 12.6. The highest BCUT2D eigenvalue weighted by Crippen LogP contribution is 2.29. The van der Waals surface area contributed by atoms with Crippen LogP contribution in [0, 0.1) is 0 Å². The smallest absolute Gasteiger partial charge is 0.361 e. The first-order chi connectivity index (χ1) is 13.7. The molecule has 0 fully saturated rings. The molecular weight excluding hydrogens is 381 g/mol. The number of nitrogens with one attached hydrogen (secondary N) is 1. The van der Waals surface area contributed by atoms with Crippen molar-refractivity contribution in [3.05, 3.63) is 71.9 Å². The van der Waals surface area contributed by atoms with Crippen LogP contribution < -0.4 is 10.2 Å². The highest BCUT2D eigenvalue weighted by atomic mass is 19.4. The lowest BCUT2D eigenvalue weighted by atomic mass is 10.1. The zero-order chi connectivity index (χ0) is 21.0. The van der Waals surface area contributed by atoms with E-state index in [4.69, 9.17) is 0 Å². The van der Waals surface area contributed by atoms with E-state index in [0.29, 0.717) is 5.56 Å². The van der Waals surface area contributed by atoms with Gasteiger partial charge in [-0.2, -0.15) is 18.3 Å². The van der Waals surface area contributed by atoms with Gasteiger partial charge in [-0.15, -0.1) is 0 Å². The van der Waals surface area contributed by atoms with Crippen molar-refractivity contribution in [1.29, 1.82) is 0 Å². The summed E-state index contributed by atoms with van der Waals surface area (Å²) in [6.45, 7) is 0.151.